The summed E-state index contributed by atoms with van der Waals surface area (Å²) in [6.07, 6.45) is 0.411. The molecule has 1 heterocycles. The molecule has 66 valence electrons. The van der Waals surface area contributed by atoms with E-state index in [0.717, 1.165) is 13.2 Å². The predicted molar refractivity (Wildman–Crippen MR) is 46.7 cm³/mol. The van der Waals surface area contributed by atoms with Crippen LogP contribution in [0, 0.1) is 0 Å². The van der Waals surface area contributed by atoms with Gasteiger partial charge < -0.3 is 4.74 Å². The van der Waals surface area contributed by atoms with E-state index in [2.05, 4.69) is 32.6 Å². The first-order chi connectivity index (χ1) is 5.11. The van der Waals surface area contributed by atoms with Gasteiger partial charge in [0.2, 0.25) is 0 Å². The fourth-order valence-electron chi connectivity index (χ4n) is 1.65. The quantitative estimate of drug-likeness (QED) is 0.572. The van der Waals surface area contributed by atoms with E-state index >= 15 is 0 Å². The first-order valence-corrected chi connectivity index (χ1v) is 4.48. The van der Waals surface area contributed by atoms with Crippen molar-refractivity contribution in [2.45, 2.75) is 45.9 Å². The van der Waals surface area contributed by atoms with Gasteiger partial charge in [-0.2, -0.15) is 0 Å². The van der Waals surface area contributed by atoms with E-state index in [4.69, 9.17) is 4.74 Å². The number of rotatable bonds is 1. The molecule has 1 aliphatic rings. The van der Waals surface area contributed by atoms with Crippen molar-refractivity contribution in [3.05, 3.63) is 0 Å². The summed E-state index contributed by atoms with van der Waals surface area (Å²) in [6.45, 7) is 10.8. The van der Waals surface area contributed by atoms with Crippen LogP contribution in [-0.2, 0) is 4.74 Å². The van der Waals surface area contributed by atoms with Gasteiger partial charge in [-0.1, -0.05) is 0 Å². The Morgan fingerprint density at radius 1 is 1.36 bits per heavy atom. The molecule has 0 unspecified atom stereocenters. The molecule has 0 aromatic rings. The van der Waals surface area contributed by atoms with Gasteiger partial charge >= 0.3 is 0 Å². The Labute approximate surface area is 69.5 Å². The Kier molecular flexibility index (Phi) is 2.90. The standard InChI is InChI=1S/C9H19NO/c1-7(2)10-5-9(4)11-6-8(10)3/h7-9H,5-6H2,1-4H3/t8-,9+/m0/s1. The zero-order valence-electron chi connectivity index (χ0n) is 8.00. The van der Waals surface area contributed by atoms with Crippen LogP contribution in [0.4, 0.5) is 0 Å². The monoisotopic (exact) mass is 157 g/mol. The maximum atomic E-state index is 5.53. The Balaban J connectivity index is 2.47. The minimum Gasteiger partial charge on any atom is -0.376 e. The summed E-state index contributed by atoms with van der Waals surface area (Å²) in [4.78, 5) is 2.49. The average Bonchev–Trinajstić information content (AvgIpc) is 1.94. The molecule has 1 saturated heterocycles. The minimum atomic E-state index is 0.411. The Hall–Kier alpha value is -0.0800. The second kappa shape index (κ2) is 3.55. The second-order valence-corrected chi connectivity index (χ2v) is 3.78. The maximum Gasteiger partial charge on any atom is 0.0674 e. The molecule has 1 aliphatic heterocycles. The first-order valence-electron chi connectivity index (χ1n) is 4.48. The van der Waals surface area contributed by atoms with Crippen molar-refractivity contribution in [2.75, 3.05) is 13.2 Å². The molecule has 1 rings (SSSR count). The Morgan fingerprint density at radius 2 is 2.00 bits per heavy atom. The third kappa shape index (κ3) is 2.17. The van der Waals surface area contributed by atoms with Crippen LogP contribution < -0.4 is 0 Å². The van der Waals surface area contributed by atoms with Crippen molar-refractivity contribution in [2.24, 2.45) is 0 Å². The van der Waals surface area contributed by atoms with Gasteiger partial charge in [0.15, 0.2) is 0 Å². The van der Waals surface area contributed by atoms with Crippen molar-refractivity contribution < 1.29 is 4.74 Å². The topological polar surface area (TPSA) is 12.5 Å². The number of nitrogens with zero attached hydrogens (tertiary/aromatic N) is 1. The van der Waals surface area contributed by atoms with E-state index in [1.165, 1.54) is 0 Å². The summed E-state index contributed by atoms with van der Waals surface area (Å²) in [5.41, 5.74) is 0. The van der Waals surface area contributed by atoms with Crippen LogP contribution >= 0.6 is 0 Å². The molecule has 0 aromatic carbocycles. The van der Waals surface area contributed by atoms with Crippen LogP contribution in [0.2, 0.25) is 0 Å². The number of hydrogen-bond acceptors (Lipinski definition) is 2. The summed E-state index contributed by atoms with van der Waals surface area (Å²) in [5, 5.41) is 0. The summed E-state index contributed by atoms with van der Waals surface area (Å²) >= 11 is 0. The van der Waals surface area contributed by atoms with E-state index in [9.17, 15) is 0 Å². The normalized spacial score (nSPS) is 34.6. The van der Waals surface area contributed by atoms with E-state index in [0.29, 0.717) is 18.2 Å². The van der Waals surface area contributed by atoms with Crippen LogP contribution in [0.3, 0.4) is 0 Å². The minimum absolute atomic E-state index is 0.411. The van der Waals surface area contributed by atoms with Gasteiger partial charge in [0.05, 0.1) is 12.7 Å². The van der Waals surface area contributed by atoms with Crippen LogP contribution in [0.25, 0.3) is 0 Å². The van der Waals surface area contributed by atoms with Crippen molar-refractivity contribution in [3.63, 3.8) is 0 Å². The fraction of sp³-hybridized carbons (Fsp3) is 1.00. The lowest BCUT2D eigenvalue weighted by molar-refractivity contribution is -0.0607. The molecule has 0 radical (unpaired) electrons. The molecule has 1 fully saturated rings. The van der Waals surface area contributed by atoms with Gasteiger partial charge in [-0.25, -0.2) is 0 Å². The van der Waals surface area contributed by atoms with Gasteiger partial charge in [-0.3, -0.25) is 4.90 Å². The predicted octanol–water partition coefficient (Wildman–Crippen LogP) is 1.50. The first kappa shape index (κ1) is 9.01. The van der Waals surface area contributed by atoms with Crippen LogP contribution in [0.1, 0.15) is 27.7 Å². The van der Waals surface area contributed by atoms with E-state index in [1.54, 1.807) is 0 Å². The average molecular weight is 157 g/mol. The zero-order chi connectivity index (χ0) is 8.43. The highest BCUT2D eigenvalue weighted by atomic mass is 16.5. The highest BCUT2D eigenvalue weighted by Gasteiger charge is 2.24. The van der Waals surface area contributed by atoms with E-state index in [1.807, 2.05) is 0 Å². The molecule has 0 amide bonds. The number of ether oxygens (including phenoxy) is 1. The third-order valence-electron chi connectivity index (χ3n) is 2.32. The van der Waals surface area contributed by atoms with Gasteiger partial charge in [0, 0.05) is 18.6 Å². The number of morpholine rings is 1. The Morgan fingerprint density at radius 3 is 2.45 bits per heavy atom. The molecule has 0 N–H and O–H groups in total. The van der Waals surface area contributed by atoms with E-state index in [-0.39, 0.29) is 0 Å². The molecule has 2 heteroatoms. The lowest BCUT2D eigenvalue weighted by Gasteiger charge is -2.39. The van der Waals surface area contributed by atoms with Crippen LogP contribution in [-0.4, -0.2) is 36.2 Å². The summed E-state index contributed by atoms with van der Waals surface area (Å²) in [7, 11) is 0. The smallest absolute Gasteiger partial charge is 0.0674 e. The third-order valence-corrected chi connectivity index (χ3v) is 2.32. The van der Waals surface area contributed by atoms with Crippen molar-refractivity contribution in [1.82, 2.24) is 4.90 Å². The molecular formula is C9H19NO. The maximum absolute atomic E-state index is 5.53. The zero-order valence-corrected chi connectivity index (χ0v) is 8.00. The molecule has 0 bridgehead atoms. The molecular weight excluding hydrogens is 138 g/mol. The lowest BCUT2D eigenvalue weighted by atomic mass is 10.1. The van der Waals surface area contributed by atoms with Gasteiger partial charge in [-0.05, 0) is 27.7 Å². The molecule has 2 nitrogen and oxygen atoms in total. The molecule has 11 heavy (non-hydrogen) atoms. The summed E-state index contributed by atoms with van der Waals surface area (Å²) in [6, 6.07) is 1.24. The second-order valence-electron chi connectivity index (χ2n) is 3.78. The van der Waals surface area contributed by atoms with Crippen LogP contribution in [0.15, 0.2) is 0 Å². The largest absolute Gasteiger partial charge is 0.376 e. The SMILES string of the molecule is CC(C)N1C[C@@H](C)OC[C@@H]1C. The number of hydrogen-bond donors (Lipinski definition) is 0. The van der Waals surface area contributed by atoms with Crippen LogP contribution in [0.5, 0.6) is 0 Å². The lowest BCUT2D eigenvalue weighted by Crippen LogP contribution is -2.50. The fourth-order valence-corrected chi connectivity index (χ4v) is 1.65. The summed E-state index contributed by atoms with van der Waals surface area (Å²) in [5.74, 6) is 0. The van der Waals surface area contributed by atoms with E-state index < -0.39 is 0 Å². The van der Waals surface area contributed by atoms with Crippen molar-refractivity contribution in [3.8, 4) is 0 Å². The molecule has 0 aromatic heterocycles. The van der Waals surface area contributed by atoms with Crippen molar-refractivity contribution in [1.29, 1.82) is 0 Å². The molecule has 0 aliphatic carbocycles. The van der Waals surface area contributed by atoms with Gasteiger partial charge in [0.1, 0.15) is 0 Å². The molecule has 2 atom stereocenters. The highest BCUT2D eigenvalue weighted by molar-refractivity contribution is 4.77. The Bertz CT molecular complexity index is 125. The molecule has 0 saturated carbocycles. The molecule has 0 spiro atoms. The highest BCUT2D eigenvalue weighted by Crippen LogP contribution is 2.13. The van der Waals surface area contributed by atoms with Gasteiger partial charge in [-0.15, -0.1) is 0 Å². The van der Waals surface area contributed by atoms with Crippen molar-refractivity contribution >= 4 is 0 Å². The van der Waals surface area contributed by atoms with Gasteiger partial charge in [0.25, 0.3) is 0 Å². The summed E-state index contributed by atoms with van der Waals surface area (Å²) < 4.78 is 5.53.